The second kappa shape index (κ2) is 6.26. The molecule has 2 amide bonds. The van der Waals surface area contributed by atoms with Crippen molar-refractivity contribution in [2.75, 3.05) is 19.8 Å². The Morgan fingerprint density at radius 3 is 2.71 bits per heavy atom. The van der Waals surface area contributed by atoms with E-state index in [9.17, 15) is 9.59 Å². The van der Waals surface area contributed by atoms with Crippen molar-refractivity contribution in [2.45, 2.75) is 31.3 Å². The average molecular weight is 288 g/mol. The highest BCUT2D eigenvalue weighted by Crippen LogP contribution is 2.23. The van der Waals surface area contributed by atoms with Crippen LogP contribution < -0.4 is 5.32 Å². The Hall–Kier alpha value is -1.88. The van der Waals surface area contributed by atoms with E-state index in [1.54, 1.807) is 0 Å². The second-order valence-corrected chi connectivity index (χ2v) is 5.56. The molecule has 112 valence electrons. The highest BCUT2D eigenvalue weighted by molar-refractivity contribution is 5.91. The number of carbonyl (C=O) groups excluding carboxylic acids is 2. The van der Waals surface area contributed by atoms with E-state index in [1.807, 2.05) is 35.2 Å². The lowest BCUT2D eigenvalue weighted by Crippen LogP contribution is -2.47. The average Bonchev–Trinajstić information content (AvgIpc) is 2.68. The van der Waals surface area contributed by atoms with Crippen LogP contribution in [-0.2, 0) is 14.3 Å². The van der Waals surface area contributed by atoms with Crippen molar-refractivity contribution in [3.05, 3.63) is 35.9 Å². The summed E-state index contributed by atoms with van der Waals surface area (Å²) < 4.78 is 5.49. The van der Waals surface area contributed by atoms with Gasteiger partial charge in [-0.05, 0) is 18.4 Å². The molecule has 2 heterocycles. The Balaban J connectivity index is 1.85. The molecule has 2 aliphatic heterocycles. The van der Waals surface area contributed by atoms with Crippen LogP contribution in [0.3, 0.4) is 0 Å². The van der Waals surface area contributed by atoms with Crippen LogP contribution in [0, 0.1) is 0 Å². The first-order valence-electron chi connectivity index (χ1n) is 7.48. The molecule has 2 atom stereocenters. The zero-order valence-corrected chi connectivity index (χ0v) is 12.0. The predicted octanol–water partition coefficient (Wildman–Crippen LogP) is 1.26. The molecule has 5 heteroatoms. The largest absolute Gasteiger partial charge is 0.379 e. The summed E-state index contributed by atoms with van der Waals surface area (Å²) in [5.74, 6) is -0.0982. The third-order valence-electron chi connectivity index (χ3n) is 4.13. The highest BCUT2D eigenvalue weighted by Gasteiger charge is 2.35. The lowest BCUT2D eigenvalue weighted by molar-refractivity contribution is -0.138. The van der Waals surface area contributed by atoms with Crippen LogP contribution in [-0.4, -0.2) is 42.5 Å². The van der Waals surface area contributed by atoms with E-state index in [0.717, 1.165) is 25.0 Å². The SMILES string of the molecule is O=C1CCN(C2CCCOC2)C(=O)C(c2ccccc2)N1. The van der Waals surface area contributed by atoms with Gasteiger partial charge in [0.25, 0.3) is 0 Å². The number of carbonyl (C=O) groups is 2. The highest BCUT2D eigenvalue weighted by atomic mass is 16.5. The Morgan fingerprint density at radius 1 is 1.19 bits per heavy atom. The fraction of sp³-hybridized carbons (Fsp3) is 0.500. The Labute approximate surface area is 124 Å². The number of benzene rings is 1. The molecule has 2 fully saturated rings. The number of amides is 2. The fourth-order valence-corrected chi connectivity index (χ4v) is 3.00. The molecule has 2 saturated heterocycles. The zero-order valence-electron chi connectivity index (χ0n) is 12.0. The van der Waals surface area contributed by atoms with Gasteiger partial charge in [-0.15, -0.1) is 0 Å². The van der Waals surface area contributed by atoms with E-state index >= 15 is 0 Å². The minimum absolute atomic E-state index is 0.0254. The van der Waals surface area contributed by atoms with Crippen LogP contribution in [0.2, 0.25) is 0 Å². The minimum atomic E-state index is -0.580. The Bertz CT molecular complexity index is 512. The summed E-state index contributed by atoms with van der Waals surface area (Å²) in [6.07, 6.45) is 2.26. The first kappa shape index (κ1) is 14.1. The molecule has 0 radical (unpaired) electrons. The summed E-state index contributed by atoms with van der Waals surface area (Å²) in [6, 6.07) is 8.93. The fourth-order valence-electron chi connectivity index (χ4n) is 3.00. The first-order valence-corrected chi connectivity index (χ1v) is 7.48. The molecule has 1 N–H and O–H groups in total. The topological polar surface area (TPSA) is 58.6 Å². The van der Waals surface area contributed by atoms with Gasteiger partial charge in [0, 0.05) is 19.6 Å². The number of rotatable bonds is 2. The van der Waals surface area contributed by atoms with Crippen molar-refractivity contribution < 1.29 is 14.3 Å². The van der Waals surface area contributed by atoms with Gasteiger partial charge in [0.15, 0.2) is 0 Å². The van der Waals surface area contributed by atoms with Crippen LogP contribution >= 0.6 is 0 Å². The van der Waals surface area contributed by atoms with Gasteiger partial charge in [0.2, 0.25) is 11.8 Å². The third-order valence-corrected chi connectivity index (χ3v) is 4.13. The summed E-state index contributed by atoms with van der Waals surface area (Å²) >= 11 is 0. The van der Waals surface area contributed by atoms with E-state index in [0.29, 0.717) is 19.6 Å². The Kier molecular flexibility index (Phi) is 4.20. The maximum Gasteiger partial charge on any atom is 0.250 e. The van der Waals surface area contributed by atoms with E-state index in [-0.39, 0.29) is 17.9 Å². The Morgan fingerprint density at radius 2 is 2.00 bits per heavy atom. The summed E-state index contributed by atoms with van der Waals surface area (Å²) in [7, 11) is 0. The van der Waals surface area contributed by atoms with E-state index in [2.05, 4.69) is 5.32 Å². The van der Waals surface area contributed by atoms with Gasteiger partial charge in [0.05, 0.1) is 12.6 Å². The molecule has 21 heavy (non-hydrogen) atoms. The summed E-state index contributed by atoms with van der Waals surface area (Å²) in [6.45, 7) is 1.81. The van der Waals surface area contributed by atoms with Crippen LogP contribution in [0.15, 0.2) is 30.3 Å². The number of hydrogen-bond donors (Lipinski definition) is 1. The monoisotopic (exact) mass is 288 g/mol. The smallest absolute Gasteiger partial charge is 0.250 e. The molecular weight excluding hydrogens is 268 g/mol. The molecule has 2 unspecified atom stereocenters. The molecule has 2 aliphatic rings. The van der Waals surface area contributed by atoms with Gasteiger partial charge in [-0.25, -0.2) is 0 Å². The van der Waals surface area contributed by atoms with Gasteiger partial charge >= 0.3 is 0 Å². The van der Waals surface area contributed by atoms with E-state index < -0.39 is 6.04 Å². The molecule has 0 saturated carbocycles. The van der Waals surface area contributed by atoms with Crippen molar-refractivity contribution >= 4 is 11.8 Å². The summed E-state index contributed by atoms with van der Waals surface area (Å²) in [5, 5.41) is 2.84. The molecule has 1 aromatic rings. The van der Waals surface area contributed by atoms with Crippen LogP contribution in [0.25, 0.3) is 0 Å². The van der Waals surface area contributed by atoms with Crippen molar-refractivity contribution in [3.8, 4) is 0 Å². The van der Waals surface area contributed by atoms with Gasteiger partial charge in [-0.1, -0.05) is 30.3 Å². The van der Waals surface area contributed by atoms with Gasteiger partial charge in [0.1, 0.15) is 6.04 Å². The molecule has 0 aliphatic carbocycles. The molecule has 3 rings (SSSR count). The molecular formula is C16H20N2O3. The van der Waals surface area contributed by atoms with Gasteiger partial charge in [-0.2, -0.15) is 0 Å². The zero-order chi connectivity index (χ0) is 14.7. The third kappa shape index (κ3) is 3.08. The second-order valence-electron chi connectivity index (χ2n) is 5.56. The summed E-state index contributed by atoms with van der Waals surface area (Å²) in [5.41, 5.74) is 0.833. The van der Waals surface area contributed by atoms with Gasteiger partial charge < -0.3 is 15.0 Å². The van der Waals surface area contributed by atoms with Crippen molar-refractivity contribution in [2.24, 2.45) is 0 Å². The quantitative estimate of drug-likeness (QED) is 0.891. The first-order chi connectivity index (χ1) is 10.3. The maximum absolute atomic E-state index is 12.8. The molecule has 0 spiro atoms. The minimum Gasteiger partial charge on any atom is -0.379 e. The molecule has 1 aromatic carbocycles. The standard InChI is InChI=1S/C16H20N2O3/c19-14-8-9-18(13-7-4-10-21-11-13)16(20)15(17-14)12-5-2-1-3-6-12/h1-3,5-6,13,15H,4,7-11H2,(H,17,19). The van der Waals surface area contributed by atoms with E-state index in [1.165, 1.54) is 0 Å². The molecule has 0 aromatic heterocycles. The van der Waals surface area contributed by atoms with Crippen LogP contribution in [0.4, 0.5) is 0 Å². The number of nitrogens with zero attached hydrogens (tertiary/aromatic N) is 1. The van der Waals surface area contributed by atoms with Crippen LogP contribution in [0.1, 0.15) is 30.9 Å². The normalized spacial score (nSPS) is 27.1. The lowest BCUT2D eigenvalue weighted by Gasteiger charge is -2.34. The van der Waals surface area contributed by atoms with Crippen molar-refractivity contribution in [3.63, 3.8) is 0 Å². The number of hydrogen-bond acceptors (Lipinski definition) is 3. The number of ether oxygens (including phenoxy) is 1. The van der Waals surface area contributed by atoms with Gasteiger partial charge in [-0.3, -0.25) is 9.59 Å². The molecule has 0 bridgehead atoms. The summed E-state index contributed by atoms with van der Waals surface area (Å²) in [4.78, 5) is 26.6. The van der Waals surface area contributed by atoms with Crippen molar-refractivity contribution in [1.82, 2.24) is 10.2 Å². The van der Waals surface area contributed by atoms with Crippen LogP contribution in [0.5, 0.6) is 0 Å². The van der Waals surface area contributed by atoms with Crippen molar-refractivity contribution in [1.29, 1.82) is 0 Å². The maximum atomic E-state index is 12.8. The lowest BCUT2D eigenvalue weighted by atomic mass is 10.0. The molecule has 5 nitrogen and oxygen atoms in total. The van der Waals surface area contributed by atoms with E-state index in [4.69, 9.17) is 4.74 Å². The predicted molar refractivity (Wildman–Crippen MR) is 77.5 cm³/mol. The number of nitrogens with one attached hydrogen (secondary N) is 1.